The summed E-state index contributed by atoms with van der Waals surface area (Å²) in [6, 6.07) is 4.48. The number of benzene rings is 1. The van der Waals surface area contributed by atoms with Gasteiger partial charge in [0, 0.05) is 6.61 Å². The van der Waals surface area contributed by atoms with Gasteiger partial charge in [0.25, 0.3) is 5.91 Å². The predicted octanol–water partition coefficient (Wildman–Crippen LogP) is 2.60. The normalized spacial score (nSPS) is 19.8. The molecule has 1 saturated heterocycles. The minimum absolute atomic E-state index is 0.00913. The van der Waals surface area contributed by atoms with Crippen LogP contribution in [0.3, 0.4) is 0 Å². The first-order valence-corrected chi connectivity index (χ1v) is 5.43. The zero-order valence-corrected chi connectivity index (χ0v) is 9.26. The molecule has 3 nitrogen and oxygen atoms in total. The number of carbonyl (C=O) groups is 1. The van der Waals surface area contributed by atoms with E-state index in [1.54, 1.807) is 6.07 Å². The van der Waals surface area contributed by atoms with Gasteiger partial charge in [0.15, 0.2) is 5.82 Å². The Bertz CT molecular complexity index is 405. The van der Waals surface area contributed by atoms with Gasteiger partial charge < -0.3 is 10.1 Å². The van der Waals surface area contributed by atoms with Crippen molar-refractivity contribution in [3.8, 4) is 0 Å². The molecular formula is C11H11ClFNO2. The largest absolute Gasteiger partial charge is 0.368 e. The van der Waals surface area contributed by atoms with Gasteiger partial charge in [-0.1, -0.05) is 17.7 Å². The summed E-state index contributed by atoms with van der Waals surface area (Å²) in [5, 5.41) is 2.46. The van der Waals surface area contributed by atoms with Crippen molar-refractivity contribution in [2.45, 2.75) is 18.9 Å². The monoisotopic (exact) mass is 243 g/mol. The quantitative estimate of drug-likeness (QED) is 0.867. The molecule has 1 heterocycles. The molecule has 1 aromatic carbocycles. The highest BCUT2D eigenvalue weighted by Gasteiger charge is 2.24. The molecule has 1 fully saturated rings. The molecule has 1 N–H and O–H groups in total. The molecule has 1 amide bonds. The summed E-state index contributed by atoms with van der Waals surface area (Å²) in [6.07, 6.45) is 1.06. The highest BCUT2D eigenvalue weighted by Crippen LogP contribution is 2.23. The lowest BCUT2D eigenvalue weighted by molar-refractivity contribution is -0.124. The summed E-state index contributed by atoms with van der Waals surface area (Å²) >= 11 is 5.60. The number of nitrogens with one attached hydrogen (secondary N) is 1. The standard InChI is InChI=1S/C11H11ClFNO2/c12-7-3-1-4-8(10(7)13)14-11(15)9-5-2-6-16-9/h1,3-4,9H,2,5-6H2,(H,14,15). The molecule has 1 aromatic rings. The van der Waals surface area contributed by atoms with E-state index in [4.69, 9.17) is 16.3 Å². The molecule has 1 unspecified atom stereocenters. The van der Waals surface area contributed by atoms with Gasteiger partial charge in [0.05, 0.1) is 10.7 Å². The van der Waals surface area contributed by atoms with Crippen LogP contribution in [0.5, 0.6) is 0 Å². The number of carbonyl (C=O) groups excluding carboxylic acids is 1. The van der Waals surface area contributed by atoms with Crippen molar-refractivity contribution in [1.82, 2.24) is 0 Å². The second-order valence-electron chi connectivity index (χ2n) is 3.59. The summed E-state index contributed by atoms with van der Waals surface area (Å²) in [7, 11) is 0. The number of hydrogen-bond donors (Lipinski definition) is 1. The van der Waals surface area contributed by atoms with Crippen molar-refractivity contribution in [3.05, 3.63) is 29.0 Å². The lowest BCUT2D eigenvalue weighted by atomic mass is 10.2. The SMILES string of the molecule is O=C(Nc1cccc(Cl)c1F)C1CCCO1. The molecule has 86 valence electrons. The topological polar surface area (TPSA) is 38.3 Å². The van der Waals surface area contributed by atoms with Crippen LogP contribution in [0.4, 0.5) is 10.1 Å². The maximum Gasteiger partial charge on any atom is 0.253 e. The predicted molar refractivity (Wildman–Crippen MR) is 59.0 cm³/mol. The van der Waals surface area contributed by atoms with Crippen molar-refractivity contribution < 1.29 is 13.9 Å². The van der Waals surface area contributed by atoms with Crippen molar-refractivity contribution in [2.24, 2.45) is 0 Å². The van der Waals surface area contributed by atoms with E-state index in [1.165, 1.54) is 12.1 Å². The van der Waals surface area contributed by atoms with E-state index in [0.717, 1.165) is 6.42 Å². The van der Waals surface area contributed by atoms with E-state index in [2.05, 4.69) is 5.32 Å². The Balaban J connectivity index is 2.08. The summed E-state index contributed by atoms with van der Waals surface area (Å²) in [4.78, 5) is 11.6. The molecule has 2 rings (SSSR count). The van der Waals surface area contributed by atoms with Gasteiger partial charge in [0.1, 0.15) is 6.10 Å². The fourth-order valence-corrected chi connectivity index (χ4v) is 1.77. The molecule has 1 aliphatic heterocycles. The smallest absolute Gasteiger partial charge is 0.253 e. The van der Waals surface area contributed by atoms with Crippen LogP contribution in [-0.4, -0.2) is 18.6 Å². The lowest BCUT2D eigenvalue weighted by Gasteiger charge is -2.11. The first kappa shape index (κ1) is 11.4. The molecule has 1 atom stereocenters. The Morgan fingerprint density at radius 1 is 1.56 bits per heavy atom. The van der Waals surface area contributed by atoms with E-state index in [0.29, 0.717) is 13.0 Å². The van der Waals surface area contributed by atoms with Crippen LogP contribution in [0.1, 0.15) is 12.8 Å². The Kier molecular flexibility index (Phi) is 3.41. The second-order valence-corrected chi connectivity index (χ2v) is 4.00. The minimum atomic E-state index is -0.615. The minimum Gasteiger partial charge on any atom is -0.368 e. The number of anilines is 1. The van der Waals surface area contributed by atoms with E-state index in [1.807, 2.05) is 0 Å². The van der Waals surface area contributed by atoms with Crippen LogP contribution in [0.25, 0.3) is 0 Å². The average Bonchev–Trinajstić information content (AvgIpc) is 2.78. The molecular weight excluding hydrogens is 233 g/mol. The molecule has 0 aliphatic carbocycles. The number of amides is 1. The van der Waals surface area contributed by atoms with E-state index >= 15 is 0 Å². The number of halogens is 2. The lowest BCUT2D eigenvalue weighted by Crippen LogP contribution is -2.27. The van der Waals surface area contributed by atoms with Crippen molar-refractivity contribution >= 4 is 23.2 Å². The van der Waals surface area contributed by atoms with Gasteiger partial charge in [-0.2, -0.15) is 0 Å². The Labute approximate surface area is 97.5 Å². The highest BCUT2D eigenvalue weighted by molar-refractivity contribution is 6.31. The zero-order chi connectivity index (χ0) is 11.5. The molecule has 0 spiro atoms. The van der Waals surface area contributed by atoms with Crippen LogP contribution in [-0.2, 0) is 9.53 Å². The number of ether oxygens (including phenoxy) is 1. The molecule has 0 saturated carbocycles. The third-order valence-electron chi connectivity index (χ3n) is 2.43. The molecule has 5 heteroatoms. The van der Waals surface area contributed by atoms with Crippen molar-refractivity contribution in [3.63, 3.8) is 0 Å². The van der Waals surface area contributed by atoms with Crippen LogP contribution in [0.15, 0.2) is 18.2 Å². The summed E-state index contributed by atoms with van der Waals surface area (Å²) in [5.74, 6) is -0.936. The van der Waals surface area contributed by atoms with Crippen molar-refractivity contribution in [2.75, 3.05) is 11.9 Å². The van der Waals surface area contributed by atoms with Gasteiger partial charge in [-0.3, -0.25) is 4.79 Å². The average molecular weight is 244 g/mol. The van der Waals surface area contributed by atoms with Gasteiger partial charge >= 0.3 is 0 Å². The Hall–Kier alpha value is -1.13. The number of rotatable bonds is 2. The van der Waals surface area contributed by atoms with Gasteiger partial charge in [-0.15, -0.1) is 0 Å². The van der Waals surface area contributed by atoms with Gasteiger partial charge in [-0.05, 0) is 25.0 Å². The molecule has 0 radical (unpaired) electrons. The maximum absolute atomic E-state index is 13.5. The first-order valence-electron chi connectivity index (χ1n) is 5.05. The van der Waals surface area contributed by atoms with Gasteiger partial charge in [-0.25, -0.2) is 4.39 Å². The van der Waals surface area contributed by atoms with Crippen LogP contribution in [0.2, 0.25) is 5.02 Å². The third-order valence-corrected chi connectivity index (χ3v) is 2.72. The zero-order valence-electron chi connectivity index (χ0n) is 8.50. The van der Waals surface area contributed by atoms with Crippen LogP contribution in [0, 0.1) is 5.82 Å². The fourth-order valence-electron chi connectivity index (χ4n) is 1.60. The summed E-state index contributed by atoms with van der Waals surface area (Å²) in [6.45, 7) is 0.579. The summed E-state index contributed by atoms with van der Waals surface area (Å²) < 4.78 is 18.7. The maximum atomic E-state index is 13.5. The number of hydrogen-bond acceptors (Lipinski definition) is 2. The summed E-state index contributed by atoms with van der Waals surface area (Å²) in [5.41, 5.74) is 0.0907. The molecule has 0 bridgehead atoms. The second kappa shape index (κ2) is 4.80. The van der Waals surface area contributed by atoms with Crippen molar-refractivity contribution in [1.29, 1.82) is 0 Å². The Morgan fingerprint density at radius 3 is 3.06 bits per heavy atom. The fraction of sp³-hybridized carbons (Fsp3) is 0.364. The van der Waals surface area contributed by atoms with Crippen LogP contribution < -0.4 is 5.32 Å². The van der Waals surface area contributed by atoms with Gasteiger partial charge in [0.2, 0.25) is 0 Å². The Morgan fingerprint density at radius 2 is 2.38 bits per heavy atom. The van der Waals surface area contributed by atoms with Crippen LogP contribution >= 0.6 is 11.6 Å². The molecule has 1 aliphatic rings. The molecule has 0 aromatic heterocycles. The third kappa shape index (κ3) is 2.33. The van der Waals surface area contributed by atoms with E-state index in [-0.39, 0.29) is 16.6 Å². The first-order chi connectivity index (χ1) is 7.68. The highest BCUT2D eigenvalue weighted by atomic mass is 35.5. The van der Waals surface area contributed by atoms with E-state index in [9.17, 15) is 9.18 Å². The van der Waals surface area contributed by atoms with E-state index < -0.39 is 11.9 Å². The molecule has 16 heavy (non-hydrogen) atoms.